The van der Waals surface area contributed by atoms with Crippen LogP contribution < -0.4 is 10.6 Å². The Morgan fingerprint density at radius 3 is 2.70 bits per heavy atom. The third kappa shape index (κ3) is 4.28. The van der Waals surface area contributed by atoms with Gasteiger partial charge in [-0.15, -0.1) is 0 Å². The van der Waals surface area contributed by atoms with Crippen LogP contribution in [0.3, 0.4) is 0 Å². The van der Waals surface area contributed by atoms with Crippen molar-refractivity contribution in [3.8, 4) is 0 Å². The number of pyridine rings is 1. The summed E-state index contributed by atoms with van der Waals surface area (Å²) in [5, 5.41) is 5.72. The summed E-state index contributed by atoms with van der Waals surface area (Å²) >= 11 is 1.73. The van der Waals surface area contributed by atoms with Crippen molar-refractivity contribution in [2.45, 2.75) is 12.3 Å². The number of anilines is 1. The molecule has 0 radical (unpaired) electrons. The molecule has 2 rings (SSSR count). The topological polar surface area (TPSA) is 54.0 Å². The van der Waals surface area contributed by atoms with Crippen LogP contribution in [0, 0.1) is 0 Å². The van der Waals surface area contributed by atoms with E-state index in [4.69, 9.17) is 0 Å². The summed E-state index contributed by atoms with van der Waals surface area (Å²) in [4.78, 5) is 15.8. The number of urea groups is 1. The minimum Gasteiger partial charge on any atom is -0.334 e. The monoisotopic (exact) mass is 287 g/mol. The van der Waals surface area contributed by atoms with E-state index in [1.54, 1.807) is 24.2 Å². The zero-order valence-corrected chi connectivity index (χ0v) is 12.1. The van der Waals surface area contributed by atoms with Crippen molar-refractivity contribution in [3.63, 3.8) is 0 Å². The molecular formula is C15H17N3OS. The number of carbonyl (C=O) groups is 1. The van der Waals surface area contributed by atoms with Crippen LogP contribution in [0.5, 0.6) is 0 Å². The van der Waals surface area contributed by atoms with Crippen LogP contribution in [0.4, 0.5) is 10.5 Å². The van der Waals surface area contributed by atoms with E-state index in [0.29, 0.717) is 6.54 Å². The van der Waals surface area contributed by atoms with Gasteiger partial charge in [0, 0.05) is 30.4 Å². The SMILES string of the molecule is CSCc1ccccc1NC(=O)NCc1ccncc1. The van der Waals surface area contributed by atoms with Crippen molar-refractivity contribution in [2.24, 2.45) is 0 Å². The summed E-state index contributed by atoms with van der Waals surface area (Å²) in [6.45, 7) is 0.485. The van der Waals surface area contributed by atoms with Crippen LogP contribution in [-0.4, -0.2) is 17.3 Å². The van der Waals surface area contributed by atoms with Crippen molar-refractivity contribution >= 4 is 23.5 Å². The van der Waals surface area contributed by atoms with E-state index in [1.165, 1.54) is 0 Å². The smallest absolute Gasteiger partial charge is 0.319 e. The normalized spacial score (nSPS) is 10.1. The molecule has 0 unspecified atom stereocenters. The summed E-state index contributed by atoms with van der Waals surface area (Å²) < 4.78 is 0. The van der Waals surface area contributed by atoms with Gasteiger partial charge in [-0.2, -0.15) is 11.8 Å². The van der Waals surface area contributed by atoms with Crippen LogP contribution in [0.15, 0.2) is 48.8 Å². The fraction of sp³-hybridized carbons (Fsp3) is 0.200. The van der Waals surface area contributed by atoms with Crippen LogP contribution >= 0.6 is 11.8 Å². The fourth-order valence-electron chi connectivity index (χ4n) is 1.77. The number of amides is 2. The quantitative estimate of drug-likeness (QED) is 0.887. The van der Waals surface area contributed by atoms with Gasteiger partial charge in [-0.1, -0.05) is 18.2 Å². The molecule has 1 aromatic heterocycles. The highest BCUT2D eigenvalue weighted by Crippen LogP contribution is 2.19. The Labute approximate surface area is 123 Å². The highest BCUT2D eigenvalue weighted by atomic mass is 32.2. The molecule has 0 spiro atoms. The van der Waals surface area contributed by atoms with Gasteiger partial charge in [-0.25, -0.2) is 4.79 Å². The molecule has 2 amide bonds. The molecule has 104 valence electrons. The molecule has 5 heteroatoms. The average Bonchev–Trinajstić information content (AvgIpc) is 2.49. The first kappa shape index (κ1) is 14.4. The molecule has 4 nitrogen and oxygen atoms in total. The van der Waals surface area contributed by atoms with Gasteiger partial charge in [0.05, 0.1) is 0 Å². The minimum atomic E-state index is -0.199. The molecule has 0 aliphatic rings. The van der Waals surface area contributed by atoms with E-state index in [1.807, 2.05) is 42.7 Å². The van der Waals surface area contributed by atoms with Crippen molar-refractivity contribution in [1.82, 2.24) is 10.3 Å². The first-order chi connectivity index (χ1) is 9.79. The van der Waals surface area contributed by atoms with E-state index in [-0.39, 0.29) is 6.03 Å². The van der Waals surface area contributed by atoms with Gasteiger partial charge in [0.15, 0.2) is 0 Å². The molecule has 0 aliphatic carbocycles. The van der Waals surface area contributed by atoms with Gasteiger partial charge < -0.3 is 10.6 Å². The highest BCUT2D eigenvalue weighted by Gasteiger charge is 2.05. The number of thioether (sulfide) groups is 1. The maximum Gasteiger partial charge on any atom is 0.319 e. The summed E-state index contributed by atoms with van der Waals surface area (Å²) in [7, 11) is 0. The van der Waals surface area contributed by atoms with E-state index < -0.39 is 0 Å². The Hall–Kier alpha value is -2.01. The third-order valence-electron chi connectivity index (χ3n) is 2.77. The van der Waals surface area contributed by atoms with Gasteiger partial charge in [0.25, 0.3) is 0 Å². The van der Waals surface area contributed by atoms with Crippen molar-refractivity contribution in [2.75, 3.05) is 11.6 Å². The first-order valence-electron chi connectivity index (χ1n) is 6.30. The summed E-state index contributed by atoms with van der Waals surface area (Å²) in [5.74, 6) is 0.876. The molecule has 0 fully saturated rings. The van der Waals surface area contributed by atoms with Gasteiger partial charge in [0.2, 0.25) is 0 Å². The van der Waals surface area contributed by atoms with Crippen molar-refractivity contribution < 1.29 is 4.79 Å². The molecule has 0 saturated heterocycles. The molecule has 0 bridgehead atoms. The predicted octanol–water partition coefficient (Wildman–Crippen LogP) is 3.27. The number of rotatable bonds is 5. The van der Waals surface area contributed by atoms with E-state index in [2.05, 4.69) is 15.6 Å². The standard InChI is InChI=1S/C15H17N3OS/c1-20-11-13-4-2-3-5-14(13)18-15(19)17-10-12-6-8-16-9-7-12/h2-9H,10-11H2,1H3,(H2,17,18,19). The molecule has 1 heterocycles. The Morgan fingerprint density at radius 1 is 1.20 bits per heavy atom. The maximum absolute atomic E-state index is 11.9. The minimum absolute atomic E-state index is 0.199. The maximum atomic E-state index is 11.9. The lowest BCUT2D eigenvalue weighted by Crippen LogP contribution is -2.28. The number of hydrogen-bond acceptors (Lipinski definition) is 3. The lowest BCUT2D eigenvalue weighted by atomic mass is 10.2. The molecule has 0 aliphatic heterocycles. The summed E-state index contributed by atoms with van der Waals surface area (Å²) in [6, 6.07) is 11.4. The Bertz CT molecular complexity index is 560. The Kier molecular flexibility index (Phi) is 5.43. The fourth-order valence-corrected chi connectivity index (χ4v) is 2.34. The highest BCUT2D eigenvalue weighted by molar-refractivity contribution is 7.97. The molecule has 0 atom stereocenters. The van der Waals surface area contributed by atoms with Gasteiger partial charge in [-0.05, 0) is 35.6 Å². The molecule has 1 aromatic carbocycles. The summed E-state index contributed by atoms with van der Waals surface area (Å²) in [6.07, 6.45) is 5.46. The lowest BCUT2D eigenvalue weighted by molar-refractivity contribution is 0.251. The number of nitrogens with zero attached hydrogens (tertiary/aromatic N) is 1. The largest absolute Gasteiger partial charge is 0.334 e. The number of benzene rings is 1. The number of para-hydroxylation sites is 1. The Balaban J connectivity index is 1.91. The molecule has 0 saturated carbocycles. The predicted molar refractivity (Wildman–Crippen MR) is 83.8 cm³/mol. The number of aromatic nitrogens is 1. The van der Waals surface area contributed by atoms with Crippen LogP contribution in [0.2, 0.25) is 0 Å². The third-order valence-corrected chi connectivity index (χ3v) is 3.37. The van der Waals surface area contributed by atoms with Crippen LogP contribution in [0.25, 0.3) is 0 Å². The second kappa shape index (κ2) is 7.55. The zero-order valence-electron chi connectivity index (χ0n) is 11.3. The lowest BCUT2D eigenvalue weighted by Gasteiger charge is -2.11. The van der Waals surface area contributed by atoms with E-state index in [0.717, 1.165) is 22.6 Å². The number of hydrogen-bond donors (Lipinski definition) is 2. The number of nitrogens with one attached hydrogen (secondary N) is 2. The molecule has 20 heavy (non-hydrogen) atoms. The second-order valence-corrected chi connectivity index (χ2v) is 5.12. The van der Waals surface area contributed by atoms with Crippen molar-refractivity contribution in [1.29, 1.82) is 0 Å². The van der Waals surface area contributed by atoms with Crippen LogP contribution in [-0.2, 0) is 12.3 Å². The Morgan fingerprint density at radius 2 is 1.95 bits per heavy atom. The van der Waals surface area contributed by atoms with Gasteiger partial charge in [-0.3, -0.25) is 4.98 Å². The molecule has 2 N–H and O–H groups in total. The molecular weight excluding hydrogens is 270 g/mol. The second-order valence-electron chi connectivity index (χ2n) is 4.25. The van der Waals surface area contributed by atoms with E-state index in [9.17, 15) is 4.79 Å². The average molecular weight is 287 g/mol. The van der Waals surface area contributed by atoms with Gasteiger partial charge >= 0.3 is 6.03 Å². The van der Waals surface area contributed by atoms with Crippen LogP contribution in [0.1, 0.15) is 11.1 Å². The van der Waals surface area contributed by atoms with Crippen molar-refractivity contribution in [3.05, 3.63) is 59.9 Å². The number of carbonyl (C=O) groups excluding carboxylic acids is 1. The molecule has 2 aromatic rings. The van der Waals surface area contributed by atoms with E-state index >= 15 is 0 Å². The zero-order chi connectivity index (χ0) is 14.2. The van der Waals surface area contributed by atoms with Gasteiger partial charge in [0.1, 0.15) is 0 Å². The summed E-state index contributed by atoms with van der Waals surface area (Å²) in [5.41, 5.74) is 3.00. The first-order valence-corrected chi connectivity index (χ1v) is 7.69.